The molecule has 19 heavy (non-hydrogen) atoms. The van der Waals surface area contributed by atoms with E-state index in [9.17, 15) is 4.79 Å². The van der Waals surface area contributed by atoms with Crippen molar-refractivity contribution in [3.05, 3.63) is 22.4 Å². The summed E-state index contributed by atoms with van der Waals surface area (Å²) in [5.41, 5.74) is 6.25. The summed E-state index contributed by atoms with van der Waals surface area (Å²) in [4.78, 5) is 12.5. The molecule has 1 unspecified atom stereocenters. The van der Waals surface area contributed by atoms with Crippen LogP contribution in [0.2, 0.25) is 0 Å². The monoisotopic (exact) mass is 327 g/mol. The van der Waals surface area contributed by atoms with Gasteiger partial charge in [0.2, 0.25) is 0 Å². The molecule has 1 aromatic heterocycles. The Kier molecular flexibility index (Phi) is 4.06. The standard InChI is InChI=1S/C14H22BrN3O/c1-9(2)18-7-11(15)6-12(18)13(19)17-14(3,8-16)10-4-5-10/h6-7,9-10H,4-5,8,16H2,1-3H3,(H,17,19). The Bertz CT molecular complexity index is 479. The fourth-order valence-electron chi connectivity index (χ4n) is 2.42. The van der Waals surface area contributed by atoms with E-state index >= 15 is 0 Å². The van der Waals surface area contributed by atoms with Gasteiger partial charge in [-0.15, -0.1) is 0 Å². The predicted molar refractivity (Wildman–Crippen MR) is 80.2 cm³/mol. The maximum Gasteiger partial charge on any atom is 0.268 e. The zero-order chi connectivity index (χ0) is 14.2. The SMILES string of the molecule is CC(C)n1cc(Br)cc1C(=O)NC(C)(CN)C1CC1. The van der Waals surface area contributed by atoms with Crippen molar-refractivity contribution < 1.29 is 4.79 Å². The lowest BCUT2D eigenvalue weighted by Crippen LogP contribution is -2.53. The van der Waals surface area contributed by atoms with E-state index < -0.39 is 0 Å². The molecule has 0 spiro atoms. The zero-order valence-electron chi connectivity index (χ0n) is 11.7. The molecule has 1 aliphatic rings. The average molecular weight is 328 g/mol. The summed E-state index contributed by atoms with van der Waals surface area (Å²) < 4.78 is 2.90. The van der Waals surface area contributed by atoms with Gasteiger partial charge in [-0.3, -0.25) is 4.79 Å². The van der Waals surface area contributed by atoms with Crippen LogP contribution in [0.1, 0.15) is 50.1 Å². The highest BCUT2D eigenvalue weighted by atomic mass is 79.9. The van der Waals surface area contributed by atoms with Crippen LogP contribution in [0.3, 0.4) is 0 Å². The van der Waals surface area contributed by atoms with E-state index in [-0.39, 0.29) is 17.5 Å². The molecular formula is C14H22BrN3O. The lowest BCUT2D eigenvalue weighted by molar-refractivity contribution is 0.0886. The smallest absolute Gasteiger partial charge is 0.268 e. The highest BCUT2D eigenvalue weighted by Gasteiger charge is 2.42. The fourth-order valence-corrected chi connectivity index (χ4v) is 2.86. The molecule has 0 bridgehead atoms. The minimum absolute atomic E-state index is 0.0424. The van der Waals surface area contributed by atoms with E-state index in [2.05, 4.69) is 35.1 Å². The molecule has 1 heterocycles. The molecule has 3 N–H and O–H groups in total. The first-order chi connectivity index (χ1) is 8.87. The van der Waals surface area contributed by atoms with E-state index in [0.29, 0.717) is 18.2 Å². The van der Waals surface area contributed by atoms with Crippen molar-refractivity contribution in [2.45, 2.75) is 45.2 Å². The highest BCUT2D eigenvalue weighted by molar-refractivity contribution is 9.10. The summed E-state index contributed by atoms with van der Waals surface area (Å²) in [5.74, 6) is 0.478. The van der Waals surface area contributed by atoms with Gasteiger partial charge in [-0.2, -0.15) is 0 Å². The summed E-state index contributed by atoms with van der Waals surface area (Å²) in [6.07, 6.45) is 4.25. The van der Waals surface area contributed by atoms with Gasteiger partial charge in [0.15, 0.2) is 0 Å². The molecular weight excluding hydrogens is 306 g/mol. The Morgan fingerprint density at radius 2 is 2.26 bits per heavy atom. The summed E-state index contributed by atoms with van der Waals surface area (Å²) in [6.45, 7) is 6.64. The van der Waals surface area contributed by atoms with Crippen LogP contribution in [-0.4, -0.2) is 22.6 Å². The number of nitrogens with zero attached hydrogens (tertiary/aromatic N) is 1. The number of amides is 1. The van der Waals surface area contributed by atoms with Crippen LogP contribution >= 0.6 is 15.9 Å². The first-order valence-electron chi connectivity index (χ1n) is 6.77. The quantitative estimate of drug-likeness (QED) is 0.873. The van der Waals surface area contributed by atoms with Crippen molar-refractivity contribution in [1.29, 1.82) is 0 Å². The number of hydrogen-bond acceptors (Lipinski definition) is 2. The van der Waals surface area contributed by atoms with Gasteiger partial charge in [0.25, 0.3) is 5.91 Å². The van der Waals surface area contributed by atoms with Crippen LogP contribution in [0.5, 0.6) is 0 Å². The Balaban J connectivity index is 2.20. The van der Waals surface area contributed by atoms with Crippen LogP contribution in [0.4, 0.5) is 0 Å². The van der Waals surface area contributed by atoms with Crippen LogP contribution in [0, 0.1) is 5.92 Å². The molecule has 2 rings (SSSR count). The first-order valence-corrected chi connectivity index (χ1v) is 7.56. The van der Waals surface area contributed by atoms with Crippen LogP contribution < -0.4 is 11.1 Å². The number of carbonyl (C=O) groups excluding carboxylic acids is 1. The molecule has 1 fully saturated rings. The molecule has 0 saturated heterocycles. The third-order valence-electron chi connectivity index (χ3n) is 3.91. The molecule has 106 valence electrons. The number of carbonyl (C=O) groups is 1. The molecule has 1 aromatic rings. The highest BCUT2D eigenvalue weighted by Crippen LogP contribution is 2.39. The number of aromatic nitrogens is 1. The number of rotatable bonds is 5. The minimum Gasteiger partial charge on any atom is -0.344 e. The summed E-state index contributed by atoms with van der Waals surface area (Å²) in [5, 5.41) is 3.12. The lowest BCUT2D eigenvalue weighted by atomic mass is 9.96. The van der Waals surface area contributed by atoms with E-state index in [1.807, 2.05) is 23.8 Å². The summed E-state index contributed by atoms with van der Waals surface area (Å²) >= 11 is 3.43. The van der Waals surface area contributed by atoms with E-state index in [1.165, 1.54) is 0 Å². The molecule has 4 nitrogen and oxygen atoms in total. The Morgan fingerprint density at radius 1 is 1.63 bits per heavy atom. The second-order valence-corrected chi connectivity index (χ2v) is 6.81. The number of nitrogens with one attached hydrogen (secondary N) is 1. The number of hydrogen-bond donors (Lipinski definition) is 2. The van der Waals surface area contributed by atoms with E-state index in [4.69, 9.17) is 5.73 Å². The van der Waals surface area contributed by atoms with Gasteiger partial charge in [-0.25, -0.2) is 0 Å². The molecule has 5 heteroatoms. The molecule has 1 aliphatic carbocycles. The molecule has 1 amide bonds. The minimum atomic E-state index is -0.282. The van der Waals surface area contributed by atoms with Crippen LogP contribution in [0.25, 0.3) is 0 Å². The van der Waals surface area contributed by atoms with Crippen molar-refractivity contribution in [3.8, 4) is 0 Å². The second-order valence-electron chi connectivity index (χ2n) is 5.89. The normalized spacial score (nSPS) is 18.4. The second kappa shape index (κ2) is 5.29. The Labute approximate surface area is 122 Å². The van der Waals surface area contributed by atoms with Crippen molar-refractivity contribution >= 4 is 21.8 Å². The van der Waals surface area contributed by atoms with Crippen molar-refractivity contribution in [2.75, 3.05) is 6.54 Å². The number of nitrogens with two attached hydrogens (primary N) is 1. The Hall–Kier alpha value is -0.810. The van der Waals surface area contributed by atoms with Gasteiger partial charge in [-0.05, 0) is 61.5 Å². The van der Waals surface area contributed by atoms with Crippen molar-refractivity contribution in [2.24, 2.45) is 11.7 Å². The van der Waals surface area contributed by atoms with Crippen molar-refractivity contribution in [3.63, 3.8) is 0 Å². The third-order valence-corrected chi connectivity index (χ3v) is 4.34. The fraction of sp³-hybridized carbons (Fsp3) is 0.643. The first kappa shape index (κ1) is 14.6. The zero-order valence-corrected chi connectivity index (χ0v) is 13.3. The topological polar surface area (TPSA) is 60.0 Å². The van der Waals surface area contributed by atoms with Crippen LogP contribution in [0.15, 0.2) is 16.7 Å². The maximum absolute atomic E-state index is 12.5. The van der Waals surface area contributed by atoms with Gasteiger partial charge in [0.05, 0.1) is 5.54 Å². The van der Waals surface area contributed by atoms with Gasteiger partial charge in [0, 0.05) is 23.3 Å². The van der Waals surface area contributed by atoms with Gasteiger partial charge >= 0.3 is 0 Å². The van der Waals surface area contributed by atoms with Crippen LogP contribution in [-0.2, 0) is 0 Å². The molecule has 0 radical (unpaired) electrons. The summed E-state index contributed by atoms with van der Waals surface area (Å²) in [6, 6.07) is 2.11. The lowest BCUT2D eigenvalue weighted by Gasteiger charge is -2.29. The van der Waals surface area contributed by atoms with E-state index in [1.54, 1.807) is 0 Å². The molecule has 0 aromatic carbocycles. The number of halogens is 1. The van der Waals surface area contributed by atoms with Gasteiger partial charge in [0.1, 0.15) is 5.69 Å². The maximum atomic E-state index is 12.5. The summed E-state index contributed by atoms with van der Waals surface area (Å²) in [7, 11) is 0. The Morgan fingerprint density at radius 3 is 2.74 bits per heavy atom. The van der Waals surface area contributed by atoms with E-state index in [0.717, 1.165) is 17.3 Å². The van der Waals surface area contributed by atoms with Gasteiger partial charge < -0.3 is 15.6 Å². The molecule has 1 atom stereocenters. The predicted octanol–water partition coefficient (Wildman–Crippen LogP) is 2.69. The molecule has 1 saturated carbocycles. The largest absolute Gasteiger partial charge is 0.344 e. The third kappa shape index (κ3) is 3.03. The van der Waals surface area contributed by atoms with Gasteiger partial charge in [-0.1, -0.05) is 0 Å². The molecule has 0 aliphatic heterocycles. The average Bonchev–Trinajstić information content (AvgIpc) is 3.12. The van der Waals surface area contributed by atoms with Crippen molar-refractivity contribution in [1.82, 2.24) is 9.88 Å².